The Labute approximate surface area is 110 Å². The zero-order valence-corrected chi connectivity index (χ0v) is 10.5. The number of hydrogen-bond acceptors (Lipinski definition) is 4. The topological polar surface area (TPSA) is 104 Å². The van der Waals surface area contributed by atoms with Crippen LogP contribution in [0.5, 0.6) is 0 Å². The monoisotopic (exact) mass is 262 g/mol. The minimum absolute atomic E-state index is 0.0510. The molecule has 1 aromatic carbocycles. The first-order valence-electron chi connectivity index (χ1n) is 5.83. The molecule has 100 valence electrons. The van der Waals surface area contributed by atoms with E-state index in [1.807, 2.05) is 0 Å². The van der Waals surface area contributed by atoms with Crippen LogP contribution >= 0.6 is 0 Å². The van der Waals surface area contributed by atoms with Gasteiger partial charge in [0.05, 0.1) is 16.4 Å². The van der Waals surface area contributed by atoms with Crippen LogP contribution in [0.3, 0.4) is 0 Å². The maximum atomic E-state index is 10.7. The molecule has 0 aliphatic heterocycles. The van der Waals surface area contributed by atoms with Crippen molar-refractivity contribution in [3.8, 4) is 6.07 Å². The number of aliphatic carboxylic acids is 1. The molecule has 0 aliphatic carbocycles. The van der Waals surface area contributed by atoms with Crippen LogP contribution in [-0.4, -0.2) is 16.0 Å². The fraction of sp³-hybridized carbons (Fsp3) is 0.385. The van der Waals surface area contributed by atoms with Crippen LogP contribution in [0.1, 0.15) is 31.7 Å². The first-order chi connectivity index (χ1) is 8.95. The van der Waals surface area contributed by atoms with Gasteiger partial charge in [0, 0.05) is 18.6 Å². The number of nitro benzene ring substituents is 1. The second-order valence-electron chi connectivity index (χ2n) is 4.25. The minimum atomic E-state index is -0.963. The predicted octanol–water partition coefficient (Wildman–Crippen LogP) is 2.63. The molecule has 6 nitrogen and oxygen atoms in total. The molecule has 0 radical (unpaired) electrons. The number of carboxylic acids is 1. The van der Waals surface area contributed by atoms with Crippen molar-refractivity contribution in [1.82, 2.24) is 0 Å². The van der Waals surface area contributed by atoms with Crippen molar-refractivity contribution in [2.45, 2.75) is 31.6 Å². The van der Waals surface area contributed by atoms with E-state index >= 15 is 0 Å². The van der Waals surface area contributed by atoms with Gasteiger partial charge in [0.15, 0.2) is 0 Å². The number of benzene rings is 1. The van der Waals surface area contributed by atoms with Crippen molar-refractivity contribution < 1.29 is 14.8 Å². The SMILES string of the molecule is CCC(C#N)(CCC(=O)O)c1ccc([N+](=O)[O-])cc1. The highest BCUT2D eigenvalue weighted by molar-refractivity contribution is 5.67. The highest BCUT2D eigenvalue weighted by Crippen LogP contribution is 2.33. The molecule has 0 fully saturated rings. The smallest absolute Gasteiger partial charge is 0.303 e. The summed E-state index contributed by atoms with van der Waals surface area (Å²) in [5, 5.41) is 28.7. The molecule has 1 aromatic rings. The number of hydrogen-bond donors (Lipinski definition) is 1. The molecule has 1 rings (SSSR count). The number of rotatable bonds is 6. The predicted molar refractivity (Wildman–Crippen MR) is 67.5 cm³/mol. The number of nitriles is 1. The summed E-state index contributed by atoms with van der Waals surface area (Å²) in [6, 6.07) is 7.86. The Kier molecular flexibility index (Phi) is 4.59. The van der Waals surface area contributed by atoms with Gasteiger partial charge in [0.1, 0.15) is 0 Å². The summed E-state index contributed by atoms with van der Waals surface area (Å²) in [6.07, 6.45) is 0.528. The number of nitrogens with zero attached hydrogens (tertiary/aromatic N) is 2. The number of non-ortho nitro benzene ring substituents is 1. The maximum absolute atomic E-state index is 10.7. The van der Waals surface area contributed by atoms with E-state index < -0.39 is 16.3 Å². The third kappa shape index (κ3) is 3.28. The highest BCUT2D eigenvalue weighted by Gasteiger charge is 2.31. The number of carboxylic acid groups (broad SMARTS) is 1. The first kappa shape index (κ1) is 14.6. The standard InChI is InChI=1S/C13H14N2O4/c1-2-13(9-14,8-7-12(16)17)10-3-5-11(6-4-10)15(18)19/h3-6H,2,7-8H2,1H3,(H,16,17). The molecule has 19 heavy (non-hydrogen) atoms. The average molecular weight is 262 g/mol. The molecule has 0 saturated carbocycles. The summed E-state index contributed by atoms with van der Waals surface area (Å²) in [5.74, 6) is -0.963. The molecule has 0 aliphatic rings. The largest absolute Gasteiger partial charge is 0.481 e. The van der Waals surface area contributed by atoms with Crippen LogP contribution in [0.2, 0.25) is 0 Å². The Morgan fingerprint density at radius 2 is 2.05 bits per heavy atom. The first-order valence-corrected chi connectivity index (χ1v) is 5.83. The van der Waals surface area contributed by atoms with Gasteiger partial charge < -0.3 is 5.11 Å². The van der Waals surface area contributed by atoms with Crippen LogP contribution in [-0.2, 0) is 10.2 Å². The van der Waals surface area contributed by atoms with E-state index in [2.05, 4.69) is 6.07 Å². The molecule has 0 heterocycles. The number of nitro groups is 1. The van der Waals surface area contributed by atoms with Crippen LogP contribution in [0.4, 0.5) is 5.69 Å². The average Bonchev–Trinajstić information content (AvgIpc) is 2.41. The third-order valence-electron chi connectivity index (χ3n) is 3.21. The van der Waals surface area contributed by atoms with Crippen molar-refractivity contribution >= 4 is 11.7 Å². The summed E-state index contributed by atoms with van der Waals surface area (Å²) in [6.45, 7) is 1.80. The minimum Gasteiger partial charge on any atom is -0.481 e. The van der Waals surface area contributed by atoms with Gasteiger partial charge in [-0.05, 0) is 18.4 Å². The molecule has 0 spiro atoms. The van der Waals surface area contributed by atoms with Gasteiger partial charge in [0.2, 0.25) is 0 Å². The van der Waals surface area contributed by atoms with Gasteiger partial charge in [-0.2, -0.15) is 5.26 Å². The Morgan fingerprint density at radius 1 is 1.47 bits per heavy atom. The van der Waals surface area contributed by atoms with Gasteiger partial charge in [-0.1, -0.05) is 19.1 Å². The fourth-order valence-corrected chi connectivity index (χ4v) is 1.95. The van der Waals surface area contributed by atoms with Gasteiger partial charge in [-0.25, -0.2) is 0 Å². The van der Waals surface area contributed by atoms with Crippen molar-refractivity contribution in [3.63, 3.8) is 0 Å². The summed E-state index contributed by atoms with van der Waals surface area (Å²) in [7, 11) is 0. The Balaban J connectivity index is 3.08. The lowest BCUT2D eigenvalue weighted by Gasteiger charge is -2.24. The van der Waals surface area contributed by atoms with Crippen LogP contribution < -0.4 is 0 Å². The second-order valence-corrected chi connectivity index (χ2v) is 4.25. The van der Waals surface area contributed by atoms with E-state index in [1.165, 1.54) is 24.3 Å². The lowest BCUT2D eigenvalue weighted by atomic mass is 9.76. The van der Waals surface area contributed by atoms with Gasteiger partial charge >= 0.3 is 5.97 Å². The van der Waals surface area contributed by atoms with Crippen LogP contribution in [0, 0.1) is 21.4 Å². The van der Waals surface area contributed by atoms with Crippen molar-refractivity contribution in [3.05, 3.63) is 39.9 Å². The van der Waals surface area contributed by atoms with Crippen LogP contribution in [0.15, 0.2) is 24.3 Å². The van der Waals surface area contributed by atoms with Crippen molar-refractivity contribution in [2.24, 2.45) is 0 Å². The van der Waals surface area contributed by atoms with Gasteiger partial charge in [-0.15, -0.1) is 0 Å². The molecular weight excluding hydrogens is 248 g/mol. The summed E-state index contributed by atoms with van der Waals surface area (Å²) in [4.78, 5) is 20.7. The molecule has 1 unspecified atom stereocenters. The molecule has 0 saturated heterocycles. The van der Waals surface area contributed by atoms with Gasteiger partial charge in [-0.3, -0.25) is 14.9 Å². The summed E-state index contributed by atoms with van der Waals surface area (Å²) in [5.41, 5.74) is -0.345. The lowest BCUT2D eigenvalue weighted by Crippen LogP contribution is -2.24. The molecule has 1 atom stereocenters. The molecule has 1 N–H and O–H groups in total. The zero-order chi connectivity index (χ0) is 14.5. The molecule has 6 heteroatoms. The molecule has 0 aromatic heterocycles. The van der Waals surface area contributed by atoms with E-state index in [1.54, 1.807) is 6.92 Å². The Hall–Kier alpha value is -2.42. The van der Waals surface area contributed by atoms with E-state index in [0.29, 0.717) is 12.0 Å². The molecule has 0 bridgehead atoms. The van der Waals surface area contributed by atoms with E-state index in [9.17, 15) is 20.2 Å². The normalized spacial score (nSPS) is 13.3. The molecular formula is C13H14N2O4. The summed E-state index contributed by atoms with van der Waals surface area (Å²) < 4.78 is 0. The number of carbonyl (C=O) groups is 1. The van der Waals surface area contributed by atoms with Gasteiger partial charge in [0.25, 0.3) is 5.69 Å². The quantitative estimate of drug-likeness (QED) is 0.626. The van der Waals surface area contributed by atoms with E-state index in [4.69, 9.17) is 5.11 Å². The fourth-order valence-electron chi connectivity index (χ4n) is 1.95. The highest BCUT2D eigenvalue weighted by atomic mass is 16.6. The lowest BCUT2D eigenvalue weighted by molar-refractivity contribution is -0.384. The summed E-state index contributed by atoms with van der Waals surface area (Å²) >= 11 is 0. The zero-order valence-electron chi connectivity index (χ0n) is 10.5. The Bertz CT molecular complexity index is 518. The second kappa shape index (κ2) is 5.96. The third-order valence-corrected chi connectivity index (χ3v) is 3.21. The van der Waals surface area contributed by atoms with Crippen molar-refractivity contribution in [2.75, 3.05) is 0 Å². The maximum Gasteiger partial charge on any atom is 0.303 e. The molecule has 0 amide bonds. The van der Waals surface area contributed by atoms with E-state index in [0.717, 1.165) is 0 Å². The Morgan fingerprint density at radius 3 is 2.42 bits per heavy atom. The van der Waals surface area contributed by atoms with Crippen molar-refractivity contribution in [1.29, 1.82) is 5.26 Å². The van der Waals surface area contributed by atoms with Crippen LogP contribution in [0.25, 0.3) is 0 Å². The van der Waals surface area contributed by atoms with E-state index in [-0.39, 0.29) is 18.5 Å².